The molecule has 1 aromatic carbocycles. The molecule has 8 rings (SSSR count). The molecule has 14 atom stereocenters. The average Bonchev–Trinajstić information content (AvgIpc) is 3.15. The van der Waals surface area contributed by atoms with Gasteiger partial charge in [-0.25, -0.2) is 0 Å². The number of hydrogen-bond acceptors (Lipinski definition) is 5. The molecule has 0 amide bonds. The molecule has 1 unspecified atom stereocenters. The Labute approximate surface area is 208 Å². The van der Waals surface area contributed by atoms with Gasteiger partial charge in [0.25, 0.3) is 0 Å². The number of nitrogens with zero attached hydrogens (tertiary/aromatic N) is 1. The molecule has 4 aliphatic carbocycles. The summed E-state index contributed by atoms with van der Waals surface area (Å²) in [4.78, 5) is 13.6. The second-order valence-corrected chi connectivity index (χ2v) is 13.5. The van der Waals surface area contributed by atoms with Crippen molar-refractivity contribution in [2.45, 2.75) is 94.2 Å². The van der Waals surface area contributed by atoms with Gasteiger partial charge in [0.2, 0.25) is 0 Å². The minimum Gasteiger partial charge on any atom is -0.392 e. The molecule has 7 aliphatic rings. The first-order chi connectivity index (χ1) is 17.0. The van der Waals surface area contributed by atoms with Crippen LogP contribution in [0.15, 0.2) is 24.3 Å². The number of fused-ring (bicyclic) bond motifs is 6. The van der Waals surface area contributed by atoms with Gasteiger partial charge in [-0.05, 0) is 86.0 Å². The van der Waals surface area contributed by atoms with Gasteiger partial charge >= 0.3 is 0 Å². The second kappa shape index (κ2) is 7.18. The Morgan fingerprint density at radius 2 is 1.83 bits per heavy atom. The number of benzene rings is 1. The van der Waals surface area contributed by atoms with Crippen molar-refractivity contribution in [2.75, 3.05) is 6.54 Å². The number of nitrogens with one attached hydrogen (secondary N) is 1. The third-order valence-electron chi connectivity index (χ3n) is 12.7. The number of hydrogen-bond donors (Lipinski definition) is 3. The zero-order valence-corrected chi connectivity index (χ0v) is 20.9. The van der Waals surface area contributed by atoms with Crippen LogP contribution >= 0.6 is 0 Å². The maximum Gasteiger partial charge on any atom is 0.150 e. The molecule has 0 aromatic heterocycles. The van der Waals surface area contributed by atoms with Gasteiger partial charge in [-0.3, -0.25) is 9.69 Å². The molecule has 3 aliphatic heterocycles. The van der Waals surface area contributed by atoms with Crippen LogP contribution in [0.3, 0.4) is 0 Å². The third kappa shape index (κ3) is 2.61. The van der Waals surface area contributed by atoms with E-state index in [9.17, 15) is 15.0 Å². The predicted molar refractivity (Wildman–Crippen MR) is 133 cm³/mol. The van der Waals surface area contributed by atoms with Crippen LogP contribution in [0.5, 0.6) is 0 Å². The van der Waals surface area contributed by atoms with Crippen molar-refractivity contribution in [3.8, 4) is 0 Å². The summed E-state index contributed by atoms with van der Waals surface area (Å²) in [5.41, 5.74) is 1.43. The van der Waals surface area contributed by atoms with E-state index in [1.807, 2.05) is 12.1 Å². The lowest BCUT2D eigenvalue weighted by Gasteiger charge is -2.55. The minimum absolute atomic E-state index is 0.0921. The highest BCUT2D eigenvalue weighted by Crippen LogP contribution is 2.68. The predicted octanol–water partition coefficient (Wildman–Crippen LogP) is 3.55. The van der Waals surface area contributed by atoms with Gasteiger partial charge in [0.15, 0.2) is 0 Å². The van der Waals surface area contributed by atoms with Crippen molar-refractivity contribution >= 4 is 6.29 Å². The second-order valence-electron chi connectivity index (χ2n) is 13.5. The Balaban J connectivity index is 1.14. The fourth-order valence-electron chi connectivity index (χ4n) is 11.5. The van der Waals surface area contributed by atoms with E-state index in [2.05, 4.69) is 29.3 Å². The van der Waals surface area contributed by atoms with Crippen molar-refractivity contribution in [3.05, 3.63) is 35.4 Å². The van der Waals surface area contributed by atoms with Crippen LogP contribution in [0.4, 0.5) is 0 Å². The first-order valence-electron chi connectivity index (χ1n) is 14.5. The summed E-state index contributed by atoms with van der Waals surface area (Å²) in [6.45, 7) is 3.12. The third-order valence-corrected chi connectivity index (χ3v) is 12.7. The Hall–Kier alpha value is -1.27. The Bertz CT molecular complexity index is 1040. The van der Waals surface area contributed by atoms with Crippen LogP contribution in [0.1, 0.15) is 80.1 Å². The molecule has 1 aromatic rings. The zero-order chi connectivity index (χ0) is 23.7. The molecule has 7 fully saturated rings. The smallest absolute Gasteiger partial charge is 0.150 e. The molecular weight excluding hydrogens is 436 g/mol. The fourth-order valence-corrected chi connectivity index (χ4v) is 11.5. The van der Waals surface area contributed by atoms with E-state index in [-0.39, 0.29) is 11.5 Å². The van der Waals surface area contributed by atoms with Gasteiger partial charge in [0.1, 0.15) is 12.0 Å². The summed E-state index contributed by atoms with van der Waals surface area (Å²) in [5, 5.41) is 27.6. The van der Waals surface area contributed by atoms with Gasteiger partial charge in [-0.2, -0.15) is 0 Å². The molecule has 4 saturated carbocycles. The van der Waals surface area contributed by atoms with Crippen molar-refractivity contribution in [1.82, 2.24) is 10.2 Å². The molecule has 1 spiro atoms. The molecule has 4 bridgehead atoms. The monoisotopic (exact) mass is 476 g/mol. The van der Waals surface area contributed by atoms with Crippen LogP contribution in [0, 0.1) is 40.9 Å². The first-order valence-corrected chi connectivity index (χ1v) is 14.5. The molecule has 188 valence electrons. The lowest BCUT2D eigenvalue weighted by Crippen LogP contribution is -2.65. The Morgan fingerprint density at radius 1 is 1.06 bits per heavy atom. The van der Waals surface area contributed by atoms with E-state index < -0.39 is 5.72 Å². The fraction of sp³-hybridized carbons (Fsp3) is 0.767. The van der Waals surface area contributed by atoms with Crippen molar-refractivity contribution in [1.29, 1.82) is 0 Å². The van der Waals surface area contributed by atoms with Crippen molar-refractivity contribution in [2.24, 2.45) is 40.9 Å². The van der Waals surface area contributed by atoms with Gasteiger partial charge in [0.05, 0.1) is 6.10 Å². The maximum atomic E-state index is 12.0. The quantitative estimate of drug-likeness (QED) is 0.460. The number of aldehydes is 1. The Kier molecular flexibility index (Phi) is 4.47. The van der Waals surface area contributed by atoms with Crippen LogP contribution < -0.4 is 5.32 Å². The van der Waals surface area contributed by atoms with E-state index in [1.165, 1.54) is 50.5 Å². The number of aliphatic hydroxyl groups excluding tert-OH is 1. The zero-order valence-electron chi connectivity index (χ0n) is 20.9. The topological polar surface area (TPSA) is 72.6 Å². The molecule has 3 saturated heterocycles. The van der Waals surface area contributed by atoms with E-state index >= 15 is 0 Å². The molecule has 5 nitrogen and oxygen atoms in total. The maximum absolute atomic E-state index is 12.0. The average molecular weight is 477 g/mol. The number of rotatable bonds is 3. The normalized spacial score (nSPS) is 55.8. The van der Waals surface area contributed by atoms with Gasteiger partial charge in [-0.1, -0.05) is 37.6 Å². The lowest BCUT2D eigenvalue weighted by atomic mass is 9.57. The molecule has 3 heterocycles. The van der Waals surface area contributed by atoms with Gasteiger partial charge in [-0.15, -0.1) is 0 Å². The standard InChI is InChI=1S/C30H40N2O3/c1-16(18-6-4-17(14-33)5-7-18)27-22-11-10-21-20-9-8-19-3-2-12-29(19)24(34)13-23(20)28(29)31-26(21)25(22)30(35)15-32(27)30/h4-7,14,16,19-28,31,34-35H,2-3,8-13,15H2,1H3/t16-,19-,20-,21-,22-,23-,24-,25-,26+,27+,28+,29-,30-,32?/m1/s1. The number of aliphatic hydroxyl groups is 2. The summed E-state index contributed by atoms with van der Waals surface area (Å²) >= 11 is 0. The van der Waals surface area contributed by atoms with Crippen LogP contribution in [0.25, 0.3) is 0 Å². The first kappa shape index (κ1) is 21.8. The highest BCUT2D eigenvalue weighted by molar-refractivity contribution is 5.74. The van der Waals surface area contributed by atoms with E-state index in [0.29, 0.717) is 53.6 Å². The highest BCUT2D eigenvalue weighted by Gasteiger charge is 2.75. The summed E-state index contributed by atoms with van der Waals surface area (Å²) in [6, 6.07) is 9.28. The van der Waals surface area contributed by atoms with E-state index in [0.717, 1.165) is 30.7 Å². The SMILES string of the molecule is C[C@H](c1ccc(C=O)cc1)[C@H]1[C@@H]2CC[C@@H]3[C@H]4CC[C@H]5CCC[C@]56[C@H](O)C[C@H]4[C@@H]6N[C@@H]3[C@@H]2[C@]2(O)CN12. The highest BCUT2D eigenvalue weighted by atomic mass is 16.3. The largest absolute Gasteiger partial charge is 0.392 e. The lowest BCUT2D eigenvalue weighted by molar-refractivity contribution is -0.0570. The van der Waals surface area contributed by atoms with Gasteiger partial charge in [0, 0.05) is 41.6 Å². The number of carbonyl (C=O) groups is 1. The summed E-state index contributed by atoms with van der Waals surface area (Å²) in [7, 11) is 0. The van der Waals surface area contributed by atoms with Crippen molar-refractivity contribution < 1.29 is 15.0 Å². The summed E-state index contributed by atoms with van der Waals surface area (Å²) < 4.78 is 0. The molecular formula is C30H40N2O3. The molecule has 35 heavy (non-hydrogen) atoms. The van der Waals surface area contributed by atoms with Crippen LogP contribution in [0.2, 0.25) is 0 Å². The van der Waals surface area contributed by atoms with Crippen molar-refractivity contribution in [3.63, 3.8) is 0 Å². The number of carbonyl (C=O) groups excluding carboxylic acids is 1. The van der Waals surface area contributed by atoms with Crippen LogP contribution in [-0.2, 0) is 0 Å². The Morgan fingerprint density at radius 3 is 2.63 bits per heavy atom. The number of piperidine rings is 2. The molecule has 0 radical (unpaired) electrons. The van der Waals surface area contributed by atoms with Crippen LogP contribution in [-0.4, -0.2) is 57.9 Å². The van der Waals surface area contributed by atoms with E-state index in [4.69, 9.17) is 0 Å². The minimum atomic E-state index is -0.659. The summed E-state index contributed by atoms with van der Waals surface area (Å²) in [5.74, 6) is 3.80. The summed E-state index contributed by atoms with van der Waals surface area (Å²) in [6.07, 6.45) is 10.7. The van der Waals surface area contributed by atoms with Gasteiger partial charge < -0.3 is 15.5 Å². The molecule has 3 N–H and O–H groups in total. The molecule has 5 heteroatoms. The van der Waals surface area contributed by atoms with E-state index in [1.54, 1.807) is 0 Å².